The standard InChI is InChI=1S/C26H34N8O4/c1-16-13-32-15-20(29-23(37-6)22(32)28-16)30-24(35)34-10-8-18-19(7-9-27-21(18)34)31-11-12-33(17(2)14-31)25(36)38-26(3,4)5/h7,9,13,15,17H,8,10-12,14H2,1-6H3,(H,30,35)/t17-/m0/s1. The molecule has 3 aromatic heterocycles. The van der Waals surface area contributed by atoms with Gasteiger partial charge >= 0.3 is 12.1 Å². The van der Waals surface area contributed by atoms with E-state index in [1.807, 2.05) is 46.9 Å². The lowest BCUT2D eigenvalue weighted by Gasteiger charge is -2.41. The molecular weight excluding hydrogens is 488 g/mol. The number of nitrogens with one attached hydrogen (secondary N) is 1. The van der Waals surface area contributed by atoms with Crippen molar-refractivity contribution in [2.24, 2.45) is 0 Å². The fourth-order valence-electron chi connectivity index (χ4n) is 5.00. The van der Waals surface area contributed by atoms with E-state index >= 15 is 0 Å². The number of imidazole rings is 1. The van der Waals surface area contributed by atoms with Gasteiger partial charge in [0.1, 0.15) is 11.4 Å². The highest BCUT2D eigenvalue weighted by Crippen LogP contribution is 2.35. The number of aromatic nitrogens is 4. The van der Waals surface area contributed by atoms with E-state index in [9.17, 15) is 9.59 Å². The van der Waals surface area contributed by atoms with Crippen molar-refractivity contribution < 1.29 is 19.1 Å². The monoisotopic (exact) mass is 522 g/mol. The summed E-state index contributed by atoms with van der Waals surface area (Å²) in [4.78, 5) is 45.0. The fraction of sp³-hybridized carbons (Fsp3) is 0.500. The van der Waals surface area contributed by atoms with Crippen molar-refractivity contribution >= 4 is 35.1 Å². The normalized spacial score (nSPS) is 17.5. The molecule has 0 bridgehead atoms. The van der Waals surface area contributed by atoms with Crippen LogP contribution in [0.25, 0.3) is 5.65 Å². The van der Waals surface area contributed by atoms with Crippen LogP contribution in [-0.4, -0.2) is 81.3 Å². The number of urea groups is 1. The van der Waals surface area contributed by atoms with Crippen molar-refractivity contribution in [3.05, 3.63) is 35.9 Å². The minimum absolute atomic E-state index is 0.0222. The Kier molecular flexibility index (Phi) is 6.49. The maximum atomic E-state index is 13.3. The molecular formula is C26H34N8O4. The first-order valence-electron chi connectivity index (χ1n) is 12.8. The number of fused-ring (bicyclic) bond motifs is 2. The van der Waals surface area contributed by atoms with Crippen LogP contribution < -0.4 is 19.9 Å². The maximum absolute atomic E-state index is 13.3. The summed E-state index contributed by atoms with van der Waals surface area (Å²) in [6.07, 6.45) is 5.68. The predicted molar refractivity (Wildman–Crippen MR) is 143 cm³/mol. The molecule has 0 aromatic carbocycles. The summed E-state index contributed by atoms with van der Waals surface area (Å²) in [5, 5.41) is 2.88. The number of methoxy groups -OCH3 is 1. The Morgan fingerprint density at radius 2 is 1.92 bits per heavy atom. The highest BCUT2D eigenvalue weighted by molar-refractivity contribution is 6.02. The number of hydrogen-bond donors (Lipinski definition) is 1. The smallest absolute Gasteiger partial charge is 0.410 e. The molecule has 3 amide bonds. The van der Waals surface area contributed by atoms with Crippen LogP contribution >= 0.6 is 0 Å². The minimum atomic E-state index is -0.534. The van der Waals surface area contributed by atoms with Crippen LogP contribution in [0.1, 0.15) is 39.0 Å². The molecule has 0 unspecified atom stereocenters. The van der Waals surface area contributed by atoms with E-state index in [0.717, 1.165) is 16.9 Å². The SMILES string of the molecule is COc1nc(NC(=O)N2CCc3c(N4CCN(C(=O)OC(C)(C)C)[C@@H](C)C4)ccnc32)cn2cc(C)nc12. The largest absolute Gasteiger partial charge is 0.478 e. The van der Waals surface area contributed by atoms with Crippen LogP contribution in [0, 0.1) is 6.92 Å². The first kappa shape index (κ1) is 25.6. The minimum Gasteiger partial charge on any atom is -0.478 e. The van der Waals surface area contributed by atoms with Gasteiger partial charge in [0.05, 0.1) is 19.0 Å². The maximum Gasteiger partial charge on any atom is 0.410 e. The summed E-state index contributed by atoms with van der Waals surface area (Å²) < 4.78 is 12.7. The second-order valence-electron chi connectivity index (χ2n) is 10.7. The second kappa shape index (κ2) is 9.66. The molecule has 1 atom stereocenters. The highest BCUT2D eigenvalue weighted by Gasteiger charge is 2.34. The zero-order valence-electron chi connectivity index (χ0n) is 22.7. The fourth-order valence-corrected chi connectivity index (χ4v) is 5.00. The van der Waals surface area contributed by atoms with E-state index in [2.05, 4.69) is 25.2 Å². The highest BCUT2D eigenvalue weighted by atomic mass is 16.6. The van der Waals surface area contributed by atoms with Gasteiger partial charge in [-0.05, 0) is 47.1 Å². The van der Waals surface area contributed by atoms with Crippen LogP contribution in [0.2, 0.25) is 0 Å². The van der Waals surface area contributed by atoms with Crippen molar-refractivity contribution in [3.8, 4) is 5.88 Å². The van der Waals surface area contributed by atoms with Crippen LogP contribution in [-0.2, 0) is 11.2 Å². The molecule has 12 nitrogen and oxygen atoms in total. The van der Waals surface area contributed by atoms with E-state index < -0.39 is 5.60 Å². The van der Waals surface area contributed by atoms with E-state index in [1.165, 1.54) is 7.11 Å². The molecule has 202 valence electrons. The average molecular weight is 523 g/mol. The van der Waals surface area contributed by atoms with E-state index in [1.54, 1.807) is 26.6 Å². The number of rotatable bonds is 3. The Balaban J connectivity index is 1.31. The number of ether oxygens (including phenoxy) is 2. The number of carbonyl (C=O) groups excluding carboxylic acids is 2. The average Bonchev–Trinajstić information content (AvgIpc) is 3.45. The Bertz CT molecular complexity index is 1380. The van der Waals surface area contributed by atoms with Crippen molar-refractivity contribution in [2.45, 2.75) is 52.7 Å². The second-order valence-corrected chi connectivity index (χ2v) is 10.7. The summed E-state index contributed by atoms with van der Waals surface area (Å²) in [5.41, 5.74) is 2.93. The van der Waals surface area contributed by atoms with Gasteiger partial charge in [0, 0.05) is 55.9 Å². The molecule has 2 aliphatic heterocycles. The Labute approximate surface area is 221 Å². The first-order chi connectivity index (χ1) is 18.0. The van der Waals surface area contributed by atoms with E-state index in [-0.39, 0.29) is 18.2 Å². The molecule has 0 aliphatic carbocycles. The molecule has 38 heavy (non-hydrogen) atoms. The number of aryl methyl sites for hydroxylation is 1. The Hall–Kier alpha value is -4.09. The number of nitrogens with zero attached hydrogens (tertiary/aromatic N) is 7. The Morgan fingerprint density at radius 3 is 2.63 bits per heavy atom. The molecule has 5 rings (SSSR count). The number of anilines is 3. The third-order valence-corrected chi connectivity index (χ3v) is 6.65. The summed E-state index contributed by atoms with van der Waals surface area (Å²) in [6, 6.07) is 1.64. The predicted octanol–water partition coefficient (Wildman–Crippen LogP) is 3.48. The zero-order valence-corrected chi connectivity index (χ0v) is 22.7. The van der Waals surface area contributed by atoms with Crippen molar-refractivity contribution in [3.63, 3.8) is 0 Å². The third kappa shape index (κ3) is 4.90. The van der Waals surface area contributed by atoms with Gasteiger partial charge in [-0.2, -0.15) is 4.98 Å². The van der Waals surface area contributed by atoms with Crippen molar-refractivity contribution in [1.82, 2.24) is 24.3 Å². The first-order valence-corrected chi connectivity index (χ1v) is 12.8. The molecule has 3 aromatic rings. The number of amides is 3. The number of piperazine rings is 1. The summed E-state index contributed by atoms with van der Waals surface area (Å²) in [7, 11) is 1.52. The van der Waals surface area contributed by atoms with Crippen LogP contribution in [0.3, 0.4) is 0 Å². The van der Waals surface area contributed by atoms with Crippen LogP contribution in [0.4, 0.5) is 26.9 Å². The van der Waals surface area contributed by atoms with Gasteiger partial charge in [-0.15, -0.1) is 0 Å². The zero-order chi connectivity index (χ0) is 27.2. The summed E-state index contributed by atoms with van der Waals surface area (Å²) >= 11 is 0. The molecule has 12 heteroatoms. The lowest BCUT2D eigenvalue weighted by molar-refractivity contribution is 0.0159. The molecule has 2 aliphatic rings. The van der Waals surface area contributed by atoms with Gasteiger partial charge in [-0.3, -0.25) is 14.6 Å². The number of pyridine rings is 1. The van der Waals surface area contributed by atoms with Gasteiger partial charge in [0.15, 0.2) is 5.82 Å². The molecule has 5 heterocycles. The van der Waals surface area contributed by atoms with E-state index in [0.29, 0.717) is 55.8 Å². The topological polar surface area (TPSA) is 117 Å². The van der Waals surface area contributed by atoms with Crippen molar-refractivity contribution in [2.75, 3.05) is 48.4 Å². The van der Waals surface area contributed by atoms with Crippen LogP contribution in [0.5, 0.6) is 5.88 Å². The lowest BCUT2D eigenvalue weighted by atomic mass is 10.1. The van der Waals surface area contributed by atoms with Gasteiger partial charge in [0.25, 0.3) is 5.88 Å². The molecule has 1 saturated heterocycles. The molecule has 1 fully saturated rings. The number of carbonyl (C=O) groups is 2. The molecule has 1 N–H and O–H groups in total. The summed E-state index contributed by atoms with van der Waals surface area (Å²) in [5.74, 6) is 1.32. The molecule has 0 saturated carbocycles. The molecule has 0 radical (unpaired) electrons. The molecule has 0 spiro atoms. The van der Waals surface area contributed by atoms with Crippen molar-refractivity contribution in [1.29, 1.82) is 0 Å². The van der Waals surface area contributed by atoms with E-state index in [4.69, 9.17) is 9.47 Å². The van der Waals surface area contributed by atoms with Gasteiger partial charge in [0.2, 0.25) is 5.65 Å². The quantitative estimate of drug-likeness (QED) is 0.556. The van der Waals surface area contributed by atoms with Gasteiger partial charge < -0.3 is 19.3 Å². The lowest BCUT2D eigenvalue weighted by Crippen LogP contribution is -2.55. The van der Waals surface area contributed by atoms with Gasteiger partial charge in [-0.25, -0.2) is 19.6 Å². The third-order valence-electron chi connectivity index (χ3n) is 6.65. The van der Waals surface area contributed by atoms with Gasteiger partial charge in [-0.1, -0.05) is 0 Å². The summed E-state index contributed by atoms with van der Waals surface area (Å²) in [6.45, 7) is 11.9. The number of hydrogen-bond acceptors (Lipinski definition) is 8. The Morgan fingerprint density at radius 1 is 1.13 bits per heavy atom. The van der Waals surface area contributed by atoms with Crippen LogP contribution in [0.15, 0.2) is 24.7 Å².